The molecule has 20 heavy (non-hydrogen) atoms. The third-order valence-corrected chi connectivity index (χ3v) is 2.70. The van der Waals surface area contributed by atoms with Crippen molar-refractivity contribution in [2.75, 3.05) is 6.26 Å². The molecular weight excluding hydrogens is 296 g/mol. The second-order valence-corrected chi connectivity index (χ2v) is 4.38. The monoisotopic (exact) mass is 310 g/mol. The van der Waals surface area contributed by atoms with Crippen LogP contribution in [0, 0.1) is 0 Å². The number of nitrogens with one attached hydrogen (secondary N) is 2. The van der Waals surface area contributed by atoms with E-state index in [-0.39, 0.29) is 5.11 Å². The molecule has 1 aromatic carbocycles. The molecule has 1 aromatic heterocycles. The molecule has 6 N–H and O–H groups in total. The van der Waals surface area contributed by atoms with Gasteiger partial charge in [-0.15, -0.1) is 20.4 Å². The van der Waals surface area contributed by atoms with E-state index >= 15 is 0 Å². The molecule has 0 saturated carbocycles. The molecule has 106 valence electrons. The number of benzene rings is 1. The first-order valence-electron chi connectivity index (χ1n) is 5.35. The minimum atomic E-state index is 0.231. The van der Waals surface area contributed by atoms with Gasteiger partial charge in [-0.05, 0) is 18.5 Å². The first-order chi connectivity index (χ1) is 9.71. The van der Waals surface area contributed by atoms with Crippen molar-refractivity contribution in [2.24, 2.45) is 11.7 Å². The van der Waals surface area contributed by atoms with Gasteiger partial charge >= 0.3 is 0 Å². The zero-order valence-electron chi connectivity index (χ0n) is 10.6. The molecule has 8 nitrogen and oxygen atoms in total. The summed E-state index contributed by atoms with van der Waals surface area (Å²) >= 11 is 5.81. The van der Waals surface area contributed by atoms with Gasteiger partial charge in [-0.2, -0.15) is 0 Å². The zero-order valence-corrected chi connectivity index (χ0v) is 12.3. The Balaban J connectivity index is 0.000000286. The molecule has 1 heterocycles. The van der Waals surface area contributed by atoms with Crippen LogP contribution in [0.15, 0.2) is 35.5 Å². The summed E-state index contributed by atoms with van der Waals surface area (Å²) in [6.07, 6.45) is 1.89. The van der Waals surface area contributed by atoms with Crippen LogP contribution in [-0.2, 0) is 0 Å². The lowest BCUT2D eigenvalue weighted by atomic mass is 10.2. The fourth-order valence-corrected chi connectivity index (χ4v) is 1.29. The third-order valence-electron chi connectivity index (χ3n) is 1.94. The molecule has 0 bridgehead atoms. The fourth-order valence-electron chi connectivity index (χ4n) is 1.05. The number of hydrogen-bond acceptors (Lipinski definition) is 8. The lowest BCUT2D eigenvalue weighted by Crippen LogP contribution is -2.43. The first-order valence-corrected chi connectivity index (χ1v) is 6.98. The lowest BCUT2D eigenvalue weighted by molar-refractivity contribution is 0.755. The summed E-state index contributed by atoms with van der Waals surface area (Å²) < 4.78 is 0. The molecule has 0 aliphatic carbocycles. The average molecular weight is 310 g/mol. The van der Waals surface area contributed by atoms with Gasteiger partial charge in [-0.3, -0.25) is 10.9 Å². The molecule has 0 unspecified atom stereocenters. The third kappa shape index (κ3) is 5.40. The van der Waals surface area contributed by atoms with Crippen molar-refractivity contribution in [3.8, 4) is 11.4 Å². The van der Waals surface area contributed by atoms with Crippen molar-refractivity contribution in [1.29, 1.82) is 0 Å². The molecule has 0 aliphatic rings. The minimum Gasteiger partial charge on any atom is -0.300 e. The molecule has 0 radical (unpaired) electrons. The van der Waals surface area contributed by atoms with E-state index in [0.29, 0.717) is 11.0 Å². The number of thiocarbonyl (C=S) groups is 1. The smallest absolute Gasteiger partial charge is 0.229 e. The van der Waals surface area contributed by atoms with Crippen molar-refractivity contribution in [2.45, 2.75) is 5.16 Å². The summed E-state index contributed by atoms with van der Waals surface area (Å²) in [5.74, 6) is 10.1. The van der Waals surface area contributed by atoms with Gasteiger partial charge in [0.05, 0.1) is 0 Å². The highest BCUT2D eigenvalue weighted by atomic mass is 32.2. The first kappa shape index (κ1) is 16.2. The summed E-state index contributed by atoms with van der Waals surface area (Å²) in [4.78, 5) is 0. The van der Waals surface area contributed by atoms with E-state index in [1.807, 2.05) is 36.6 Å². The van der Waals surface area contributed by atoms with Gasteiger partial charge in [0.25, 0.3) is 0 Å². The molecule has 0 spiro atoms. The van der Waals surface area contributed by atoms with Crippen LogP contribution in [0.2, 0.25) is 0 Å². The minimum absolute atomic E-state index is 0.231. The standard InChI is InChI=1S/C9H8N4S.CH6N4S/c1-14-9-12-10-8(11-13-9)7-5-3-2-4-6-7;2-4-1(6)5-3/h2-6H,1H3;2-3H2,(H2,4,5,6). The van der Waals surface area contributed by atoms with Crippen molar-refractivity contribution >= 4 is 29.1 Å². The SMILES string of the molecule is CSc1nnc(-c2ccccc2)nn1.NNC(=S)NN. The molecule has 2 aromatic rings. The Kier molecular flexibility index (Phi) is 7.35. The van der Waals surface area contributed by atoms with Crippen molar-refractivity contribution in [3.63, 3.8) is 0 Å². The Hall–Kier alpha value is -1.88. The molecular formula is C10H14N8S2. The molecule has 0 atom stereocenters. The van der Waals surface area contributed by atoms with Gasteiger partial charge in [0, 0.05) is 5.56 Å². The van der Waals surface area contributed by atoms with Crippen molar-refractivity contribution in [3.05, 3.63) is 30.3 Å². The molecule has 0 saturated heterocycles. The number of thioether (sulfide) groups is 1. The summed E-state index contributed by atoms with van der Waals surface area (Å²) in [6, 6.07) is 9.66. The van der Waals surface area contributed by atoms with Crippen LogP contribution < -0.4 is 22.5 Å². The van der Waals surface area contributed by atoms with Crippen LogP contribution in [0.4, 0.5) is 0 Å². The van der Waals surface area contributed by atoms with Gasteiger partial charge in [0.15, 0.2) is 5.11 Å². The number of hydrazine groups is 2. The Labute approximate surface area is 125 Å². The van der Waals surface area contributed by atoms with Crippen LogP contribution in [0.25, 0.3) is 11.4 Å². The predicted molar refractivity (Wildman–Crippen MR) is 82.1 cm³/mol. The normalized spacial score (nSPS) is 9.15. The number of aromatic nitrogens is 4. The van der Waals surface area contributed by atoms with E-state index in [1.54, 1.807) is 0 Å². The highest BCUT2D eigenvalue weighted by molar-refractivity contribution is 7.98. The zero-order chi connectivity index (χ0) is 14.8. The summed E-state index contributed by atoms with van der Waals surface area (Å²) in [5.41, 5.74) is 5.15. The van der Waals surface area contributed by atoms with Crippen molar-refractivity contribution in [1.82, 2.24) is 31.2 Å². The van der Waals surface area contributed by atoms with Gasteiger partial charge < -0.3 is 0 Å². The Morgan fingerprint density at radius 3 is 2.00 bits per heavy atom. The second kappa shape index (κ2) is 9.09. The summed E-state index contributed by atoms with van der Waals surface area (Å²) in [7, 11) is 0. The van der Waals surface area contributed by atoms with Gasteiger partial charge in [0.2, 0.25) is 11.0 Å². The predicted octanol–water partition coefficient (Wildman–Crippen LogP) is -0.147. The van der Waals surface area contributed by atoms with E-state index in [9.17, 15) is 0 Å². The van der Waals surface area contributed by atoms with Gasteiger partial charge in [-0.1, -0.05) is 42.1 Å². The van der Waals surface area contributed by atoms with Crippen LogP contribution in [0.1, 0.15) is 0 Å². The van der Waals surface area contributed by atoms with E-state index in [4.69, 9.17) is 11.7 Å². The van der Waals surface area contributed by atoms with Crippen LogP contribution in [-0.4, -0.2) is 31.8 Å². The maximum Gasteiger partial charge on any atom is 0.229 e. The Bertz CT molecular complexity index is 513. The fraction of sp³-hybridized carbons (Fsp3) is 0.100. The lowest BCUT2D eigenvalue weighted by Gasteiger charge is -1.97. The second-order valence-electron chi connectivity index (χ2n) is 3.19. The molecule has 0 fully saturated rings. The quantitative estimate of drug-likeness (QED) is 0.257. The maximum absolute atomic E-state index is 4.75. The van der Waals surface area contributed by atoms with E-state index in [0.717, 1.165) is 5.56 Å². The van der Waals surface area contributed by atoms with E-state index in [2.05, 4.69) is 43.5 Å². The number of hydrogen-bond donors (Lipinski definition) is 4. The van der Waals surface area contributed by atoms with E-state index in [1.165, 1.54) is 11.8 Å². The van der Waals surface area contributed by atoms with Crippen LogP contribution in [0.3, 0.4) is 0 Å². The number of nitrogens with two attached hydrogens (primary N) is 2. The van der Waals surface area contributed by atoms with Gasteiger partial charge in [-0.25, -0.2) is 11.7 Å². The number of rotatable bonds is 2. The van der Waals surface area contributed by atoms with Gasteiger partial charge in [0.1, 0.15) is 0 Å². The average Bonchev–Trinajstić information content (AvgIpc) is 2.55. The highest BCUT2D eigenvalue weighted by Crippen LogP contribution is 2.12. The largest absolute Gasteiger partial charge is 0.300 e. The topological polar surface area (TPSA) is 128 Å². The summed E-state index contributed by atoms with van der Waals surface area (Å²) in [5, 5.41) is 16.6. The Morgan fingerprint density at radius 1 is 1.05 bits per heavy atom. The van der Waals surface area contributed by atoms with Crippen LogP contribution >= 0.6 is 24.0 Å². The number of nitrogens with zero attached hydrogens (tertiary/aromatic N) is 4. The molecule has 2 rings (SSSR count). The van der Waals surface area contributed by atoms with E-state index < -0.39 is 0 Å². The Morgan fingerprint density at radius 2 is 1.60 bits per heavy atom. The van der Waals surface area contributed by atoms with Crippen molar-refractivity contribution < 1.29 is 0 Å². The molecule has 0 aliphatic heterocycles. The summed E-state index contributed by atoms with van der Waals surface area (Å²) in [6.45, 7) is 0. The van der Waals surface area contributed by atoms with Crippen LogP contribution in [0.5, 0.6) is 0 Å². The molecule has 10 heteroatoms. The molecule has 0 amide bonds. The maximum atomic E-state index is 4.75. The highest BCUT2D eigenvalue weighted by Gasteiger charge is 2.01.